The molecule has 3 aromatic rings. The number of benzene rings is 2. The van der Waals surface area contributed by atoms with Crippen LogP contribution in [0.2, 0.25) is 0 Å². The van der Waals surface area contributed by atoms with Gasteiger partial charge in [0.2, 0.25) is 5.95 Å². The summed E-state index contributed by atoms with van der Waals surface area (Å²) in [5.41, 5.74) is 3.20. The standard InChI is InChI=1S/C23H26N6O2S2/c1-17-5-3-6-20(15-17)28-13-14-29(18(2)16-28)23(32)26-19-7-9-21(10-8-19)33(30,31)27-22-24-11-4-12-25-22/h3-12,15,18H,13-14,16H2,1-2H3,(H,26,32)(H,24,25,27)/t18-/m1/s1. The van der Waals surface area contributed by atoms with Crippen LogP contribution >= 0.6 is 12.2 Å². The highest BCUT2D eigenvalue weighted by molar-refractivity contribution is 7.92. The Labute approximate surface area is 199 Å². The van der Waals surface area contributed by atoms with E-state index >= 15 is 0 Å². The lowest BCUT2D eigenvalue weighted by atomic mass is 10.1. The fraction of sp³-hybridized carbons (Fsp3) is 0.261. The minimum atomic E-state index is -3.77. The Hall–Kier alpha value is -3.24. The quantitative estimate of drug-likeness (QED) is 0.534. The molecule has 0 saturated carbocycles. The Morgan fingerprint density at radius 3 is 2.45 bits per heavy atom. The normalized spacial score (nSPS) is 16.4. The molecule has 2 N–H and O–H groups in total. The van der Waals surface area contributed by atoms with E-state index in [1.807, 2.05) is 0 Å². The van der Waals surface area contributed by atoms with Crippen molar-refractivity contribution in [3.05, 3.63) is 72.6 Å². The molecule has 1 aromatic heterocycles. The van der Waals surface area contributed by atoms with Gasteiger partial charge in [0.1, 0.15) is 0 Å². The topological polar surface area (TPSA) is 90.5 Å². The smallest absolute Gasteiger partial charge is 0.264 e. The summed E-state index contributed by atoms with van der Waals surface area (Å²) in [4.78, 5) is 12.4. The van der Waals surface area contributed by atoms with Gasteiger partial charge in [0.25, 0.3) is 10.0 Å². The van der Waals surface area contributed by atoms with E-state index in [1.54, 1.807) is 18.2 Å². The zero-order valence-electron chi connectivity index (χ0n) is 18.5. The molecular weight excluding hydrogens is 456 g/mol. The summed E-state index contributed by atoms with van der Waals surface area (Å²) < 4.78 is 27.5. The predicted molar refractivity (Wildman–Crippen MR) is 135 cm³/mol. The van der Waals surface area contributed by atoms with E-state index in [4.69, 9.17) is 12.2 Å². The molecule has 1 atom stereocenters. The van der Waals surface area contributed by atoms with E-state index in [0.29, 0.717) is 5.11 Å². The van der Waals surface area contributed by atoms with Gasteiger partial charge in [-0.25, -0.2) is 23.1 Å². The summed E-state index contributed by atoms with van der Waals surface area (Å²) >= 11 is 5.65. The first-order chi connectivity index (χ1) is 15.8. The highest BCUT2D eigenvalue weighted by Crippen LogP contribution is 2.22. The molecule has 0 aliphatic carbocycles. The Bertz CT molecular complexity index is 1220. The van der Waals surface area contributed by atoms with Crippen LogP contribution in [0.4, 0.5) is 17.3 Å². The van der Waals surface area contributed by atoms with E-state index < -0.39 is 10.0 Å². The number of nitrogens with zero attached hydrogens (tertiary/aromatic N) is 4. The number of nitrogens with one attached hydrogen (secondary N) is 2. The lowest BCUT2D eigenvalue weighted by molar-refractivity contribution is 0.302. The molecule has 2 aromatic carbocycles. The zero-order chi connectivity index (χ0) is 23.4. The average molecular weight is 483 g/mol. The molecule has 1 saturated heterocycles. The maximum absolute atomic E-state index is 12.5. The fourth-order valence-corrected chi connectivity index (χ4v) is 5.11. The third kappa shape index (κ3) is 5.58. The van der Waals surface area contributed by atoms with Crippen molar-refractivity contribution in [3.63, 3.8) is 0 Å². The Balaban J connectivity index is 1.37. The SMILES string of the molecule is Cc1cccc(N2CCN(C(=S)Nc3ccc(S(=O)(=O)Nc4ncccn4)cc3)[C@H](C)C2)c1. The number of aryl methyl sites for hydroxylation is 1. The monoisotopic (exact) mass is 482 g/mol. The second-order valence-electron chi connectivity index (χ2n) is 7.96. The van der Waals surface area contributed by atoms with Gasteiger partial charge in [0, 0.05) is 49.4 Å². The summed E-state index contributed by atoms with van der Waals surface area (Å²) in [6.45, 7) is 6.80. The van der Waals surface area contributed by atoms with Crippen LogP contribution < -0.4 is 14.9 Å². The molecule has 1 fully saturated rings. The summed E-state index contributed by atoms with van der Waals surface area (Å²) in [6, 6.07) is 16.8. The first-order valence-electron chi connectivity index (χ1n) is 10.6. The van der Waals surface area contributed by atoms with Crippen molar-refractivity contribution < 1.29 is 8.42 Å². The van der Waals surface area contributed by atoms with Crippen molar-refractivity contribution >= 4 is 44.7 Å². The maximum atomic E-state index is 12.5. The molecule has 0 amide bonds. The van der Waals surface area contributed by atoms with Crippen LogP contribution in [0.3, 0.4) is 0 Å². The van der Waals surface area contributed by atoms with Gasteiger partial charge in [-0.05, 0) is 74.1 Å². The van der Waals surface area contributed by atoms with Crippen molar-refractivity contribution in [1.29, 1.82) is 0 Å². The van der Waals surface area contributed by atoms with Crippen LogP contribution in [0.15, 0.2) is 71.9 Å². The molecule has 33 heavy (non-hydrogen) atoms. The van der Waals surface area contributed by atoms with Crippen molar-refractivity contribution in [2.45, 2.75) is 24.8 Å². The molecular formula is C23H26N6O2S2. The fourth-order valence-electron chi connectivity index (χ4n) is 3.76. The van der Waals surface area contributed by atoms with Gasteiger partial charge in [-0.1, -0.05) is 12.1 Å². The number of piperazine rings is 1. The highest BCUT2D eigenvalue weighted by Gasteiger charge is 2.26. The zero-order valence-corrected chi connectivity index (χ0v) is 20.1. The van der Waals surface area contributed by atoms with Crippen molar-refractivity contribution in [2.24, 2.45) is 0 Å². The molecule has 2 heterocycles. The van der Waals surface area contributed by atoms with Crippen molar-refractivity contribution in [3.8, 4) is 0 Å². The van der Waals surface area contributed by atoms with Crippen LogP contribution in [0.1, 0.15) is 12.5 Å². The van der Waals surface area contributed by atoms with E-state index in [0.717, 1.165) is 25.3 Å². The second-order valence-corrected chi connectivity index (χ2v) is 10.0. The molecule has 0 spiro atoms. The van der Waals surface area contributed by atoms with Crippen LogP contribution in [-0.2, 0) is 10.0 Å². The summed E-state index contributed by atoms with van der Waals surface area (Å²) in [7, 11) is -3.77. The van der Waals surface area contributed by atoms with Crippen molar-refractivity contribution in [1.82, 2.24) is 14.9 Å². The highest BCUT2D eigenvalue weighted by atomic mass is 32.2. The number of sulfonamides is 1. The van der Waals surface area contributed by atoms with Gasteiger partial charge in [-0.15, -0.1) is 0 Å². The summed E-state index contributed by atoms with van der Waals surface area (Å²) in [5, 5.41) is 3.86. The van der Waals surface area contributed by atoms with Gasteiger partial charge < -0.3 is 15.1 Å². The third-order valence-electron chi connectivity index (χ3n) is 5.46. The minimum Gasteiger partial charge on any atom is -0.368 e. The number of thiocarbonyl (C=S) groups is 1. The Morgan fingerprint density at radius 1 is 1.06 bits per heavy atom. The largest absolute Gasteiger partial charge is 0.368 e. The molecule has 4 rings (SSSR count). The molecule has 1 aliphatic rings. The number of hydrogen-bond donors (Lipinski definition) is 2. The maximum Gasteiger partial charge on any atom is 0.264 e. The van der Waals surface area contributed by atoms with Gasteiger partial charge in [0.15, 0.2) is 5.11 Å². The molecule has 172 valence electrons. The van der Waals surface area contributed by atoms with Gasteiger partial charge >= 0.3 is 0 Å². The van der Waals surface area contributed by atoms with Gasteiger partial charge in [-0.3, -0.25) is 0 Å². The van der Waals surface area contributed by atoms with Crippen LogP contribution in [0.25, 0.3) is 0 Å². The first kappa shape index (κ1) is 22.9. The molecule has 8 nitrogen and oxygen atoms in total. The van der Waals surface area contributed by atoms with E-state index in [1.165, 1.54) is 35.8 Å². The third-order valence-corrected chi connectivity index (χ3v) is 7.14. The average Bonchev–Trinajstić information content (AvgIpc) is 2.79. The minimum absolute atomic E-state index is 0.0275. The van der Waals surface area contributed by atoms with Crippen LogP contribution in [-0.4, -0.2) is 54.1 Å². The Kier molecular flexibility index (Phi) is 6.75. The lowest BCUT2D eigenvalue weighted by Gasteiger charge is -2.42. The molecule has 0 bridgehead atoms. The summed E-state index contributed by atoms with van der Waals surface area (Å²) in [5.74, 6) is 0.0275. The van der Waals surface area contributed by atoms with Crippen molar-refractivity contribution in [2.75, 3.05) is 34.6 Å². The molecule has 10 heteroatoms. The summed E-state index contributed by atoms with van der Waals surface area (Å²) in [6.07, 6.45) is 2.95. The van der Waals surface area contributed by atoms with Gasteiger partial charge in [0.05, 0.1) is 4.90 Å². The van der Waals surface area contributed by atoms with Crippen LogP contribution in [0, 0.1) is 6.92 Å². The van der Waals surface area contributed by atoms with E-state index in [9.17, 15) is 8.42 Å². The molecule has 0 unspecified atom stereocenters. The number of anilines is 3. The lowest BCUT2D eigenvalue weighted by Crippen LogP contribution is -2.55. The number of aromatic nitrogens is 2. The first-order valence-corrected chi connectivity index (χ1v) is 12.5. The molecule has 1 aliphatic heterocycles. The second kappa shape index (κ2) is 9.72. The predicted octanol–water partition coefficient (Wildman–Crippen LogP) is 3.49. The molecule has 0 radical (unpaired) electrons. The van der Waals surface area contributed by atoms with Crippen LogP contribution in [0.5, 0.6) is 0 Å². The number of rotatable bonds is 5. The van der Waals surface area contributed by atoms with E-state index in [-0.39, 0.29) is 16.9 Å². The number of hydrogen-bond acceptors (Lipinski definition) is 6. The Morgan fingerprint density at radius 2 is 1.79 bits per heavy atom. The van der Waals surface area contributed by atoms with Gasteiger partial charge in [-0.2, -0.15) is 0 Å². The van der Waals surface area contributed by atoms with E-state index in [2.05, 4.69) is 67.9 Å².